The summed E-state index contributed by atoms with van der Waals surface area (Å²) in [4.78, 5) is 16.4. The van der Waals surface area contributed by atoms with E-state index in [4.69, 9.17) is 0 Å². The Balaban J connectivity index is 1.49. The van der Waals surface area contributed by atoms with Crippen LogP contribution in [-0.4, -0.2) is 23.9 Å². The maximum atomic E-state index is 12.6. The highest BCUT2D eigenvalue weighted by Gasteiger charge is 2.26. The first kappa shape index (κ1) is 18.0. The summed E-state index contributed by atoms with van der Waals surface area (Å²) in [5.41, 5.74) is 4.72. The maximum absolute atomic E-state index is 12.6. The van der Waals surface area contributed by atoms with Crippen molar-refractivity contribution in [2.45, 2.75) is 25.9 Å². The van der Waals surface area contributed by atoms with Crippen LogP contribution in [0.2, 0.25) is 0 Å². The van der Waals surface area contributed by atoms with E-state index in [1.165, 1.54) is 16.0 Å². The summed E-state index contributed by atoms with van der Waals surface area (Å²) in [6, 6.07) is 20.9. The lowest BCUT2D eigenvalue weighted by atomic mass is 9.98. The number of benzene rings is 2. The number of fused-ring (bicyclic) bond motifs is 1. The van der Waals surface area contributed by atoms with Crippen molar-refractivity contribution in [3.05, 3.63) is 93.2 Å². The Hall–Kier alpha value is -2.43. The van der Waals surface area contributed by atoms with E-state index in [9.17, 15) is 4.79 Å². The second-order valence-corrected chi connectivity index (χ2v) is 8.08. The molecule has 2 heterocycles. The average Bonchev–Trinajstić information content (AvgIpc) is 3.23. The van der Waals surface area contributed by atoms with Gasteiger partial charge in [0, 0.05) is 30.1 Å². The van der Waals surface area contributed by atoms with Gasteiger partial charge in [0.2, 0.25) is 0 Å². The van der Waals surface area contributed by atoms with Crippen LogP contribution in [0, 0.1) is 6.92 Å². The van der Waals surface area contributed by atoms with Crippen molar-refractivity contribution in [3.63, 3.8) is 0 Å². The van der Waals surface area contributed by atoms with Gasteiger partial charge in [-0.05, 0) is 48.1 Å². The van der Waals surface area contributed by atoms with Gasteiger partial charge in [0.15, 0.2) is 0 Å². The van der Waals surface area contributed by atoms with E-state index >= 15 is 0 Å². The van der Waals surface area contributed by atoms with Crippen LogP contribution in [0.4, 0.5) is 0 Å². The molecule has 0 bridgehead atoms. The molecule has 0 aliphatic carbocycles. The quantitative estimate of drug-likeness (QED) is 0.707. The van der Waals surface area contributed by atoms with Gasteiger partial charge in [0.05, 0.1) is 6.04 Å². The molecule has 1 aliphatic rings. The molecule has 3 aromatic rings. The Labute approximate surface area is 164 Å². The molecule has 138 valence electrons. The van der Waals surface area contributed by atoms with Crippen LogP contribution in [0.3, 0.4) is 0 Å². The van der Waals surface area contributed by atoms with E-state index in [1.807, 2.05) is 31.2 Å². The summed E-state index contributed by atoms with van der Waals surface area (Å²) in [6.07, 6.45) is 1.06. The largest absolute Gasteiger partial charge is 0.350 e. The summed E-state index contributed by atoms with van der Waals surface area (Å²) >= 11 is 1.76. The zero-order chi connectivity index (χ0) is 18.6. The molecule has 0 saturated carbocycles. The van der Waals surface area contributed by atoms with Crippen molar-refractivity contribution in [2.24, 2.45) is 0 Å². The highest BCUT2D eigenvalue weighted by atomic mass is 32.1. The Morgan fingerprint density at radius 1 is 1.07 bits per heavy atom. The fourth-order valence-electron chi connectivity index (χ4n) is 3.67. The summed E-state index contributed by atoms with van der Waals surface area (Å²) in [6.45, 7) is 4.59. The third-order valence-electron chi connectivity index (χ3n) is 5.24. The van der Waals surface area contributed by atoms with Gasteiger partial charge in [-0.2, -0.15) is 0 Å². The van der Waals surface area contributed by atoms with E-state index in [0.717, 1.165) is 30.6 Å². The predicted octanol–water partition coefficient (Wildman–Crippen LogP) is 4.59. The molecule has 1 unspecified atom stereocenters. The third-order valence-corrected chi connectivity index (χ3v) is 6.22. The SMILES string of the molecule is Cc1ccc(C(=O)NCC(c2cccs2)N2CCc3ccccc3C2)cc1. The Morgan fingerprint density at radius 3 is 2.59 bits per heavy atom. The summed E-state index contributed by atoms with van der Waals surface area (Å²) in [7, 11) is 0. The minimum Gasteiger partial charge on any atom is -0.350 e. The summed E-state index contributed by atoms with van der Waals surface area (Å²) in [5.74, 6) is -0.00559. The molecule has 1 aromatic heterocycles. The van der Waals surface area contributed by atoms with Crippen molar-refractivity contribution in [1.29, 1.82) is 0 Å². The molecule has 0 saturated heterocycles. The maximum Gasteiger partial charge on any atom is 0.251 e. The van der Waals surface area contributed by atoms with Gasteiger partial charge in [-0.25, -0.2) is 0 Å². The number of hydrogen-bond donors (Lipinski definition) is 1. The third kappa shape index (κ3) is 4.12. The number of carbonyl (C=O) groups excluding carboxylic acids is 1. The van der Waals surface area contributed by atoms with Crippen LogP contribution in [0.1, 0.15) is 38.0 Å². The molecule has 1 atom stereocenters. The normalized spacial score (nSPS) is 15.1. The lowest BCUT2D eigenvalue weighted by Crippen LogP contribution is -2.40. The van der Waals surface area contributed by atoms with Crippen molar-refractivity contribution in [1.82, 2.24) is 10.2 Å². The molecule has 4 rings (SSSR count). The topological polar surface area (TPSA) is 32.3 Å². The monoisotopic (exact) mass is 376 g/mol. The first-order valence-corrected chi connectivity index (χ1v) is 10.3. The highest BCUT2D eigenvalue weighted by molar-refractivity contribution is 7.10. The minimum atomic E-state index is -0.00559. The molecule has 27 heavy (non-hydrogen) atoms. The van der Waals surface area contributed by atoms with Crippen LogP contribution in [0.15, 0.2) is 66.0 Å². The van der Waals surface area contributed by atoms with Gasteiger partial charge < -0.3 is 5.32 Å². The van der Waals surface area contributed by atoms with Crippen molar-refractivity contribution in [2.75, 3.05) is 13.1 Å². The van der Waals surface area contributed by atoms with Gasteiger partial charge in [-0.15, -0.1) is 11.3 Å². The Kier molecular flexibility index (Phi) is 5.37. The molecule has 2 aromatic carbocycles. The Bertz CT molecular complexity index is 902. The predicted molar refractivity (Wildman–Crippen MR) is 111 cm³/mol. The lowest BCUT2D eigenvalue weighted by molar-refractivity contribution is 0.0929. The smallest absolute Gasteiger partial charge is 0.251 e. The number of amides is 1. The molecule has 0 radical (unpaired) electrons. The molecule has 4 heteroatoms. The van der Waals surface area contributed by atoms with E-state index < -0.39 is 0 Å². The second-order valence-electron chi connectivity index (χ2n) is 7.10. The van der Waals surface area contributed by atoms with Crippen LogP contribution >= 0.6 is 11.3 Å². The molecule has 0 spiro atoms. The van der Waals surface area contributed by atoms with Gasteiger partial charge in [0.1, 0.15) is 0 Å². The molecule has 1 N–H and O–H groups in total. The van der Waals surface area contributed by atoms with E-state index in [-0.39, 0.29) is 11.9 Å². The Morgan fingerprint density at radius 2 is 1.85 bits per heavy atom. The number of nitrogens with one attached hydrogen (secondary N) is 1. The van der Waals surface area contributed by atoms with E-state index in [1.54, 1.807) is 11.3 Å². The molecule has 1 amide bonds. The van der Waals surface area contributed by atoms with E-state index in [2.05, 4.69) is 52.0 Å². The first-order chi connectivity index (χ1) is 13.2. The molecular formula is C23H24N2OS. The molecular weight excluding hydrogens is 352 g/mol. The van der Waals surface area contributed by atoms with Gasteiger partial charge >= 0.3 is 0 Å². The number of carbonyl (C=O) groups is 1. The number of aryl methyl sites for hydroxylation is 1. The number of nitrogens with zero attached hydrogens (tertiary/aromatic N) is 1. The number of hydrogen-bond acceptors (Lipinski definition) is 3. The fourth-order valence-corrected chi connectivity index (χ4v) is 4.53. The van der Waals surface area contributed by atoms with Crippen molar-refractivity contribution >= 4 is 17.2 Å². The summed E-state index contributed by atoms with van der Waals surface area (Å²) < 4.78 is 0. The van der Waals surface area contributed by atoms with Gasteiger partial charge in [-0.1, -0.05) is 48.0 Å². The van der Waals surface area contributed by atoms with Crippen LogP contribution in [0.5, 0.6) is 0 Å². The lowest BCUT2D eigenvalue weighted by Gasteiger charge is -2.35. The average molecular weight is 377 g/mol. The van der Waals surface area contributed by atoms with Crippen molar-refractivity contribution < 1.29 is 4.79 Å². The molecule has 3 nitrogen and oxygen atoms in total. The highest BCUT2D eigenvalue weighted by Crippen LogP contribution is 2.30. The fraction of sp³-hybridized carbons (Fsp3) is 0.261. The van der Waals surface area contributed by atoms with Crippen LogP contribution in [0.25, 0.3) is 0 Å². The molecule has 0 fully saturated rings. The number of rotatable bonds is 5. The zero-order valence-electron chi connectivity index (χ0n) is 15.5. The number of thiophene rings is 1. The second kappa shape index (κ2) is 8.07. The summed E-state index contributed by atoms with van der Waals surface area (Å²) in [5, 5.41) is 5.27. The minimum absolute atomic E-state index is 0.00559. The zero-order valence-corrected chi connectivity index (χ0v) is 16.3. The van der Waals surface area contributed by atoms with Gasteiger partial charge in [-0.3, -0.25) is 9.69 Å². The van der Waals surface area contributed by atoms with Crippen LogP contribution < -0.4 is 5.32 Å². The standard InChI is InChI=1S/C23H24N2OS/c1-17-8-10-19(11-9-17)23(26)24-15-21(22-7-4-14-27-22)25-13-12-18-5-2-3-6-20(18)16-25/h2-11,14,21H,12-13,15-16H2,1H3,(H,24,26). The van der Waals surface area contributed by atoms with Gasteiger partial charge in [0.25, 0.3) is 5.91 Å². The van der Waals surface area contributed by atoms with Crippen molar-refractivity contribution in [3.8, 4) is 0 Å². The molecule has 1 aliphatic heterocycles. The van der Waals surface area contributed by atoms with Crippen LogP contribution in [-0.2, 0) is 13.0 Å². The van der Waals surface area contributed by atoms with E-state index in [0.29, 0.717) is 6.54 Å². The first-order valence-electron chi connectivity index (χ1n) is 9.40.